The smallest absolute Gasteiger partial charge is 0.175 e. The number of hydrogen-bond acceptors (Lipinski definition) is 3. The molecule has 1 aromatic heterocycles. The fraction of sp³-hybridized carbons (Fsp3) is 0.200. The molecule has 0 saturated heterocycles. The highest BCUT2D eigenvalue weighted by molar-refractivity contribution is 6.00. The van der Waals surface area contributed by atoms with Gasteiger partial charge >= 0.3 is 0 Å². The van der Waals surface area contributed by atoms with Gasteiger partial charge in [0.25, 0.3) is 0 Å². The summed E-state index contributed by atoms with van der Waals surface area (Å²) in [7, 11) is 1.41. The highest BCUT2D eigenvalue weighted by atomic mass is 19.1. The molecule has 0 fully saturated rings. The number of benzene rings is 1. The monoisotopic (exact) mass is 259 g/mol. The average Bonchev–Trinajstić information content (AvgIpc) is 2.40. The largest absolute Gasteiger partial charge is 0.496 e. The molecule has 0 saturated carbocycles. The number of carbonyl (C=O) groups excluding carboxylic acids is 1. The van der Waals surface area contributed by atoms with Crippen molar-refractivity contribution in [3.63, 3.8) is 0 Å². The number of carbonyl (C=O) groups is 1. The van der Waals surface area contributed by atoms with E-state index in [4.69, 9.17) is 4.74 Å². The highest BCUT2D eigenvalue weighted by Crippen LogP contribution is 2.23. The molecular weight excluding hydrogens is 245 g/mol. The maximum Gasteiger partial charge on any atom is 0.175 e. The number of ketones is 1. The quantitative estimate of drug-likeness (QED) is 0.792. The number of Topliss-reactive ketones (excluding diaryl/α,β-unsaturated/α-hetero) is 1. The first-order chi connectivity index (χ1) is 9.13. The van der Waals surface area contributed by atoms with Crippen molar-refractivity contribution in [2.75, 3.05) is 7.11 Å². The summed E-state index contributed by atoms with van der Waals surface area (Å²) in [4.78, 5) is 16.4. The van der Waals surface area contributed by atoms with Gasteiger partial charge in [0.1, 0.15) is 11.6 Å². The SMILES string of the molecule is COc1cccc(F)c1C(=O)Cc1ncccc1C. The van der Waals surface area contributed by atoms with Crippen LogP contribution in [0.2, 0.25) is 0 Å². The van der Waals surface area contributed by atoms with Gasteiger partial charge < -0.3 is 4.74 Å². The molecule has 1 heterocycles. The molecule has 19 heavy (non-hydrogen) atoms. The summed E-state index contributed by atoms with van der Waals surface area (Å²) in [5.41, 5.74) is 1.54. The molecule has 2 aromatic rings. The summed E-state index contributed by atoms with van der Waals surface area (Å²) < 4.78 is 18.8. The lowest BCUT2D eigenvalue weighted by molar-refractivity contribution is 0.0984. The molecule has 2 rings (SSSR count). The molecule has 0 aliphatic heterocycles. The zero-order valence-electron chi connectivity index (χ0n) is 10.8. The van der Waals surface area contributed by atoms with Crippen molar-refractivity contribution in [3.8, 4) is 5.75 Å². The van der Waals surface area contributed by atoms with Crippen LogP contribution in [0.3, 0.4) is 0 Å². The van der Waals surface area contributed by atoms with Crippen LogP contribution in [0.5, 0.6) is 5.75 Å². The lowest BCUT2D eigenvalue weighted by Gasteiger charge is -2.09. The third-order valence-corrected chi connectivity index (χ3v) is 2.92. The maximum absolute atomic E-state index is 13.8. The number of hydrogen-bond donors (Lipinski definition) is 0. The van der Waals surface area contributed by atoms with Crippen molar-refractivity contribution in [1.29, 1.82) is 0 Å². The first-order valence-corrected chi connectivity index (χ1v) is 5.89. The van der Waals surface area contributed by atoms with E-state index >= 15 is 0 Å². The molecule has 4 heteroatoms. The van der Waals surface area contributed by atoms with E-state index in [0.29, 0.717) is 5.69 Å². The summed E-state index contributed by atoms with van der Waals surface area (Å²) in [5.74, 6) is -0.659. The van der Waals surface area contributed by atoms with E-state index in [1.54, 1.807) is 18.3 Å². The van der Waals surface area contributed by atoms with Crippen LogP contribution in [-0.4, -0.2) is 17.9 Å². The molecule has 1 aromatic carbocycles. The standard InChI is InChI=1S/C15H14FNO2/c1-10-5-4-8-17-12(10)9-13(18)15-11(16)6-3-7-14(15)19-2/h3-8H,9H2,1-2H3. The van der Waals surface area contributed by atoms with Crippen molar-refractivity contribution < 1.29 is 13.9 Å². The Bertz CT molecular complexity index is 611. The molecule has 0 spiro atoms. The van der Waals surface area contributed by atoms with Gasteiger partial charge in [-0.3, -0.25) is 9.78 Å². The zero-order chi connectivity index (χ0) is 13.8. The number of pyridine rings is 1. The first kappa shape index (κ1) is 13.2. The number of aromatic nitrogens is 1. The van der Waals surface area contributed by atoms with Gasteiger partial charge in [0.15, 0.2) is 5.78 Å². The summed E-state index contributed by atoms with van der Waals surface area (Å²) in [6.45, 7) is 1.87. The number of methoxy groups -OCH3 is 1. The Morgan fingerprint density at radius 2 is 2.11 bits per heavy atom. The third-order valence-electron chi connectivity index (χ3n) is 2.92. The van der Waals surface area contributed by atoms with Gasteiger partial charge in [-0.25, -0.2) is 4.39 Å². The fourth-order valence-corrected chi connectivity index (χ4v) is 1.89. The normalized spacial score (nSPS) is 10.3. The Balaban J connectivity index is 2.33. The van der Waals surface area contributed by atoms with Gasteiger partial charge in [0, 0.05) is 6.20 Å². The number of halogens is 1. The van der Waals surface area contributed by atoms with E-state index in [2.05, 4.69) is 4.98 Å². The Labute approximate surface area is 111 Å². The molecule has 0 bridgehead atoms. The molecule has 98 valence electrons. The predicted molar refractivity (Wildman–Crippen MR) is 70.0 cm³/mol. The Morgan fingerprint density at radius 1 is 1.32 bits per heavy atom. The van der Waals surface area contributed by atoms with E-state index < -0.39 is 5.82 Å². The average molecular weight is 259 g/mol. The minimum atomic E-state index is -0.571. The van der Waals surface area contributed by atoms with E-state index in [1.807, 2.05) is 13.0 Å². The molecule has 0 aliphatic rings. The van der Waals surface area contributed by atoms with Crippen LogP contribution in [0.1, 0.15) is 21.6 Å². The van der Waals surface area contributed by atoms with Gasteiger partial charge in [-0.1, -0.05) is 12.1 Å². The predicted octanol–water partition coefficient (Wildman–Crippen LogP) is 2.96. The summed E-state index contributed by atoms with van der Waals surface area (Å²) in [5, 5.41) is 0. The molecule has 0 N–H and O–H groups in total. The van der Waals surface area contributed by atoms with Gasteiger partial charge in [-0.2, -0.15) is 0 Å². The van der Waals surface area contributed by atoms with E-state index in [9.17, 15) is 9.18 Å². The van der Waals surface area contributed by atoms with E-state index in [-0.39, 0.29) is 23.5 Å². The van der Waals surface area contributed by atoms with Crippen LogP contribution in [0, 0.1) is 12.7 Å². The Morgan fingerprint density at radius 3 is 2.79 bits per heavy atom. The topological polar surface area (TPSA) is 39.2 Å². The number of ether oxygens (including phenoxy) is 1. The molecular formula is C15H14FNO2. The second-order valence-electron chi connectivity index (χ2n) is 4.18. The third kappa shape index (κ3) is 2.78. The molecule has 0 radical (unpaired) electrons. The van der Waals surface area contributed by atoms with Crippen molar-refractivity contribution >= 4 is 5.78 Å². The van der Waals surface area contributed by atoms with E-state index in [0.717, 1.165) is 5.56 Å². The van der Waals surface area contributed by atoms with Gasteiger partial charge in [-0.15, -0.1) is 0 Å². The number of aryl methyl sites for hydroxylation is 1. The Kier molecular flexibility index (Phi) is 3.90. The van der Waals surface area contributed by atoms with Crippen LogP contribution in [0.4, 0.5) is 4.39 Å². The number of rotatable bonds is 4. The fourth-order valence-electron chi connectivity index (χ4n) is 1.89. The van der Waals surface area contributed by atoms with Crippen molar-refractivity contribution in [2.24, 2.45) is 0 Å². The second-order valence-corrected chi connectivity index (χ2v) is 4.18. The molecule has 3 nitrogen and oxygen atoms in total. The molecule has 0 amide bonds. The van der Waals surface area contributed by atoms with Crippen LogP contribution in [0.25, 0.3) is 0 Å². The maximum atomic E-state index is 13.8. The lowest BCUT2D eigenvalue weighted by atomic mass is 10.0. The van der Waals surface area contributed by atoms with Crippen molar-refractivity contribution in [2.45, 2.75) is 13.3 Å². The minimum Gasteiger partial charge on any atom is -0.496 e. The molecule has 0 atom stereocenters. The zero-order valence-corrected chi connectivity index (χ0v) is 10.8. The van der Waals surface area contributed by atoms with Crippen LogP contribution in [-0.2, 0) is 6.42 Å². The van der Waals surface area contributed by atoms with E-state index in [1.165, 1.54) is 19.2 Å². The van der Waals surface area contributed by atoms with Crippen LogP contribution < -0.4 is 4.74 Å². The summed E-state index contributed by atoms with van der Waals surface area (Å²) in [6, 6.07) is 8.00. The first-order valence-electron chi connectivity index (χ1n) is 5.89. The Hall–Kier alpha value is -2.23. The second kappa shape index (κ2) is 5.61. The van der Waals surface area contributed by atoms with Crippen LogP contribution >= 0.6 is 0 Å². The minimum absolute atomic E-state index is 0.0185. The summed E-state index contributed by atoms with van der Waals surface area (Å²) >= 11 is 0. The summed E-state index contributed by atoms with van der Waals surface area (Å²) in [6.07, 6.45) is 1.68. The molecule has 0 unspecified atom stereocenters. The van der Waals surface area contributed by atoms with Gasteiger partial charge in [0.05, 0.1) is 24.8 Å². The molecule has 0 aliphatic carbocycles. The van der Waals surface area contributed by atoms with Crippen molar-refractivity contribution in [3.05, 3.63) is 59.2 Å². The van der Waals surface area contributed by atoms with Crippen molar-refractivity contribution in [1.82, 2.24) is 4.98 Å². The van der Waals surface area contributed by atoms with Gasteiger partial charge in [0.2, 0.25) is 0 Å². The van der Waals surface area contributed by atoms with Gasteiger partial charge in [-0.05, 0) is 30.7 Å². The lowest BCUT2D eigenvalue weighted by Crippen LogP contribution is -2.10. The van der Waals surface area contributed by atoms with Crippen LogP contribution in [0.15, 0.2) is 36.5 Å². The number of nitrogens with zero attached hydrogens (tertiary/aromatic N) is 1. The highest BCUT2D eigenvalue weighted by Gasteiger charge is 2.18.